The Hall–Kier alpha value is -10.9. The van der Waals surface area contributed by atoms with Crippen molar-refractivity contribution in [2.24, 2.45) is 0 Å². The van der Waals surface area contributed by atoms with Gasteiger partial charge in [-0.25, -0.2) is 0 Å². The van der Waals surface area contributed by atoms with E-state index in [0.717, 1.165) is 114 Å². The van der Waals surface area contributed by atoms with Crippen LogP contribution in [0.25, 0.3) is 0 Å². The summed E-state index contributed by atoms with van der Waals surface area (Å²) in [6, 6.07) is 25.0. The fourth-order valence-electron chi connectivity index (χ4n) is 16.7. The molecule has 582 valence electrons. The Kier molecular flexibility index (Phi) is 25.4. The van der Waals surface area contributed by atoms with Crippen LogP contribution in [0.3, 0.4) is 0 Å². The van der Waals surface area contributed by atoms with Gasteiger partial charge in [0, 0.05) is 108 Å². The number of hydrogen-bond acceptors (Lipinski definition) is 17. The Morgan fingerprint density at radius 1 is 0.414 bits per heavy atom. The van der Waals surface area contributed by atoms with E-state index in [2.05, 4.69) is 39.8 Å². The van der Waals surface area contributed by atoms with Crippen LogP contribution in [0.1, 0.15) is 228 Å². The summed E-state index contributed by atoms with van der Waals surface area (Å²) < 4.78 is 28.0. The zero-order chi connectivity index (χ0) is 78.9. The van der Waals surface area contributed by atoms with Gasteiger partial charge < -0.3 is 53.3 Å². The van der Waals surface area contributed by atoms with Crippen molar-refractivity contribution in [1.82, 2.24) is 24.5 Å². The minimum Gasteiger partial charge on any atom is -0.508 e. The zero-order valence-corrected chi connectivity index (χ0v) is 63.9. The molecule has 5 aliphatic carbocycles. The number of ketones is 5. The van der Waals surface area contributed by atoms with Gasteiger partial charge in [-0.2, -0.15) is 0 Å². The Morgan fingerprint density at radius 3 is 1.08 bits per heavy atom. The lowest BCUT2D eigenvalue weighted by molar-refractivity contribution is -0.132. The maximum absolute atomic E-state index is 12.8. The second-order valence-electron chi connectivity index (χ2n) is 30.5. The van der Waals surface area contributed by atoms with E-state index >= 15 is 0 Å². The topological polar surface area (TPSA) is 270 Å². The molecule has 22 nitrogen and oxygen atoms in total. The number of amides is 5. The number of carbonyl (C=O) groups excluding carboxylic acids is 11. The average Bonchev–Trinajstić information content (AvgIpc) is 1.66. The largest absolute Gasteiger partial charge is 0.508 e. The van der Waals surface area contributed by atoms with Crippen molar-refractivity contribution in [3.05, 3.63) is 207 Å². The SMILES string of the molecule is C=C1CCC(N2Cc3c(O)cccc3C2=O)C(=O)C1.C=C1CCC(N2Cc3c(OC(C)=O)cccc3C2=O)C(=O)C1.C=C1CCC(N2Cc3c(OC)cccc3C2=O)C(=O)C1.C=C1CCC(N2Cc3c(OC4CCOCC4)cccc3C2=O)C(=O)C1.C=C1CCC(N2Cc3c(OCCCCCC)cccc3C2=O)C(=O)C1. The van der Waals surface area contributed by atoms with E-state index in [9.17, 15) is 57.8 Å². The number of unbranched alkanes of at least 4 members (excludes halogenated alkanes) is 3. The monoisotopic (exact) mass is 1510 g/mol. The molecule has 5 atom stereocenters. The van der Waals surface area contributed by atoms with Gasteiger partial charge in [0.05, 0.1) is 89.9 Å². The van der Waals surface area contributed by atoms with E-state index in [1.807, 2.05) is 48.5 Å². The first-order valence-electron chi connectivity index (χ1n) is 38.8. The van der Waals surface area contributed by atoms with Crippen LogP contribution in [-0.4, -0.2) is 157 Å². The lowest BCUT2D eigenvalue weighted by Gasteiger charge is -2.30. The smallest absolute Gasteiger partial charge is 0.308 e. The van der Waals surface area contributed by atoms with E-state index < -0.39 is 12.0 Å². The van der Waals surface area contributed by atoms with E-state index in [4.69, 9.17) is 23.7 Å². The number of benzene rings is 5. The number of phenols is 1. The number of nitrogens with zero attached hydrogens (tertiary/aromatic N) is 5. The van der Waals surface area contributed by atoms with Crippen LogP contribution in [0.4, 0.5) is 0 Å². The second kappa shape index (κ2) is 35.4. The van der Waals surface area contributed by atoms with Crippen LogP contribution < -0.4 is 18.9 Å². The highest BCUT2D eigenvalue weighted by atomic mass is 16.5. The van der Waals surface area contributed by atoms with E-state index in [1.165, 1.54) is 19.8 Å². The van der Waals surface area contributed by atoms with Crippen molar-refractivity contribution >= 4 is 64.4 Å². The molecule has 1 saturated heterocycles. The Bertz CT molecular complexity index is 4620. The van der Waals surface area contributed by atoms with Gasteiger partial charge in [-0.3, -0.25) is 52.7 Å². The number of rotatable bonds is 15. The minimum atomic E-state index is -0.427. The highest BCUT2D eigenvalue weighted by Gasteiger charge is 2.45. The molecule has 6 fully saturated rings. The number of phenolic OH excluding ortho intramolecular Hbond substituents is 1. The van der Waals surface area contributed by atoms with Crippen LogP contribution >= 0.6 is 0 Å². The van der Waals surface area contributed by atoms with Crippen molar-refractivity contribution < 1.29 is 81.5 Å². The third-order valence-corrected chi connectivity index (χ3v) is 22.7. The fourth-order valence-corrected chi connectivity index (χ4v) is 16.7. The first kappa shape index (κ1) is 79.7. The van der Waals surface area contributed by atoms with Crippen LogP contribution in [0.2, 0.25) is 0 Å². The predicted octanol–water partition coefficient (Wildman–Crippen LogP) is 13.8. The van der Waals surface area contributed by atoms with Crippen molar-refractivity contribution in [2.75, 3.05) is 26.9 Å². The van der Waals surface area contributed by atoms with E-state index in [-0.39, 0.29) is 94.5 Å². The van der Waals surface area contributed by atoms with Crippen LogP contribution in [0.5, 0.6) is 28.7 Å². The molecule has 1 N–H and O–H groups in total. The van der Waals surface area contributed by atoms with Gasteiger partial charge in [-0.15, -0.1) is 0 Å². The average molecular weight is 1510 g/mol. The van der Waals surface area contributed by atoms with Gasteiger partial charge in [0.1, 0.15) is 34.9 Å². The molecule has 0 aromatic heterocycles. The lowest BCUT2D eigenvalue weighted by atomic mass is 9.89. The highest BCUT2D eigenvalue weighted by molar-refractivity contribution is 6.06. The zero-order valence-electron chi connectivity index (χ0n) is 63.9. The van der Waals surface area contributed by atoms with Gasteiger partial charge in [-0.1, -0.05) is 117 Å². The van der Waals surface area contributed by atoms with Crippen LogP contribution in [0, 0.1) is 0 Å². The summed E-state index contributed by atoms with van der Waals surface area (Å²) in [5.74, 6) is 2.27. The molecular weight excluding hydrogens is 1410 g/mol. The lowest BCUT2D eigenvalue weighted by Crippen LogP contribution is -2.43. The minimum absolute atomic E-state index is 0.0337. The Labute approximate surface area is 648 Å². The van der Waals surface area contributed by atoms with E-state index in [1.54, 1.807) is 74.1 Å². The first-order valence-corrected chi connectivity index (χ1v) is 38.8. The van der Waals surface area contributed by atoms with Crippen LogP contribution in [-0.2, 0) is 66.2 Å². The van der Waals surface area contributed by atoms with Crippen molar-refractivity contribution in [2.45, 2.75) is 218 Å². The molecule has 5 aromatic carbocycles. The number of carbonyl (C=O) groups is 11. The third-order valence-electron chi connectivity index (χ3n) is 22.7. The number of ether oxygens (including phenoxy) is 5. The van der Waals surface area contributed by atoms with Crippen molar-refractivity contribution in [1.29, 1.82) is 0 Å². The second-order valence-corrected chi connectivity index (χ2v) is 30.5. The quantitative estimate of drug-likeness (QED) is 0.0441. The third kappa shape index (κ3) is 17.8. The molecular formula is C89H99N5O17. The molecule has 5 saturated carbocycles. The van der Waals surface area contributed by atoms with Gasteiger partial charge in [0.25, 0.3) is 29.5 Å². The standard InChI is InChI=1S/C21H27NO3.C20H23NO4.C17H17NO4.C16H17NO3.C15H15NO3/c1-3-4-5-6-12-25-20-9-7-8-16-17(20)14-22(21(16)24)18-11-10-15(2)13-19(18)23;1-13-5-6-17(18(22)11-13)21-12-16-15(20(21)23)3-2-4-19(16)25-14-7-9-24-10-8-14;1-10-6-7-14(15(20)8-10)18-9-13-12(17(18)21)4-3-5-16(13)22-11(2)19;1-10-6-7-13(14(18)8-10)17-9-12-11(16(17)19)4-3-5-15(12)20-2;1-9-5-6-12(14(18)7-9)16-8-11-10(15(16)19)3-2-4-13(11)17/h7-9,18H,2-6,10-14H2,1H3;2-4,14,17H,1,5-12H2;3-5,14H,1,6-9H2,2H3;3-5,13H,1,6-9H2,2H3;2-4,12,17H,1,5-8H2. The van der Waals surface area contributed by atoms with Gasteiger partial charge in [0.15, 0.2) is 28.9 Å². The van der Waals surface area contributed by atoms with Crippen molar-refractivity contribution in [3.8, 4) is 28.7 Å². The highest BCUT2D eigenvalue weighted by Crippen LogP contribution is 2.42. The molecule has 0 spiro atoms. The summed E-state index contributed by atoms with van der Waals surface area (Å²) in [4.78, 5) is 144. The Morgan fingerprint density at radius 2 is 0.730 bits per heavy atom. The number of hydrogen-bond donors (Lipinski definition) is 1. The predicted molar refractivity (Wildman–Crippen MR) is 414 cm³/mol. The van der Waals surface area contributed by atoms with Gasteiger partial charge in [0.2, 0.25) is 0 Å². The molecule has 22 heteroatoms. The molecule has 11 aliphatic rings. The molecule has 6 heterocycles. The van der Waals surface area contributed by atoms with Crippen LogP contribution in [0.15, 0.2) is 152 Å². The van der Waals surface area contributed by atoms with Crippen molar-refractivity contribution in [3.63, 3.8) is 0 Å². The maximum Gasteiger partial charge on any atom is 0.308 e. The number of fused-ring (bicyclic) bond motifs is 5. The number of allylic oxidation sites excluding steroid dienone is 5. The molecule has 5 amide bonds. The maximum atomic E-state index is 12.8. The molecule has 0 bridgehead atoms. The molecule has 5 unspecified atom stereocenters. The summed E-state index contributed by atoms with van der Waals surface area (Å²) in [5, 5.41) is 9.80. The summed E-state index contributed by atoms with van der Waals surface area (Å²) >= 11 is 0. The summed E-state index contributed by atoms with van der Waals surface area (Å²) in [5.41, 5.74) is 11.8. The summed E-state index contributed by atoms with van der Waals surface area (Å²) in [6.45, 7) is 27.0. The fraction of sp³-hybridized carbons (Fsp3) is 0.427. The Balaban J connectivity index is 0.000000129. The van der Waals surface area contributed by atoms with Gasteiger partial charge >= 0.3 is 5.97 Å². The molecule has 0 radical (unpaired) electrons. The number of methoxy groups -OCH3 is 1. The summed E-state index contributed by atoms with van der Waals surface area (Å²) in [6.07, 6.45) is 15.6. The molecule has 5 aromatic rings. The molecule has 111 heavy (non-hydrogen) atoms. The molecule has 6 aliphatic heterocycles. The number of Topliss-reactive ketones (excluding diaryl/α,β-unsaturated/α-hetero) is 5. The van der Waals surface area contributed by atoms with Gasteiger partial charge in [-0.05, 0) is 131 Å². The normalized spacial score (nSPS) is 22.1. The molecule has 16 rings (SSSR count). The number of aromatic hydroxyl groups is 1. The summed E-state index contributed by atoms with van der Waals surface area (Å²) in [7, 11) is 1.60. The van der Waals surface area contributed by atoms with E-state index in [0.29, 0.717) is 167 Å². The first-order chi connectivity index (χ1) is 53.4. The number of esters is 1.